The van der Waals surface area contributed by atoms with E-state index in [1.165, 1.54) is 0 Å². The van der Waals surface area contributed by atoms with Crippen LogP contribution in [0.2, 0.25) is 45.3 Å². The van der Waals surface area contributed by atoms with Crippen LogP contribution in [0.4, 0.5) is 0 Å². The summed E-state index contributed by atoms with van der Waals surface area (Å²) in [5, 5.41) is 0. The monoisotopic (exact) mass is 409 g/mol. The Morgan fingerprint density at radius 2 is 1.32 bits per heavy atom. The quantitative estimate of drug-likeness (QED) is 0.257. The summed E-state index contributed by atoms with van der Waals surface area (Å²) < 4.78 is 24.4. The molecule has 0 bridgehead atoms. The first-order valence-corrected chi connectivity index (χ1v) is 17.4. The second-order valence-electron chi connectivity index (χ2n) is 7.94. The van der Waals surface area contributed by atoms with E-state index in [0.29, 0.717) is 24.6 Å². The third-order valence-electron chi connectivity index (χ3n) is 2.89. The van der Waals surface area contributed by atoms with E-state index >= 15 is 0 Å². The van der Waals surface area contributed by atoms with Crippen LogP contribution in [-0.4, -0.2) is 59.2 Å². The van der Waals surface area contributed by atoms with Crippen LogP contribution in [0.25, 0.3) is 0 Å². The number of esters is 1. The molecule has 0 aromatic rings. The van der Waals surface area contributed by atoms with Gasteiger partial charge in [-0.1, -0.05) is 45.9 Å². The van der Waals surface area contributed by atoms with Crippen LogP contribution < -0.4 is 4.65 Å². The van der Waals surface area contributed by atoms with Crippen LogP contribution in [0.1, 0.15) is 13.3 Å². The van der Waals surface area contributed by atoms with Gasteiger partial charge >= 0.3 is 14.8 Å². The van der Waals surface area contributed by atoms with Gasteiger partial charge in [0.25, 0.3) is 0 Å². The topological polar surface area (TPSA) is 66.0 Å². The van der Waals surface area contributed by atoms with Crippen LogP contribution in [-0.2, 0) is 22.8 Å². The number of ether oxygens (including phenoxy) is 1. The summed E-state index contributed by atoms with van der Waals surface area (Å²) in [5.41, 5.74) is 0.397. The minimum absolute atomic E-state index is 0.316. The first-order valence-electron chi connectivity index (χ1n) is 8.49. The fourth-order valence-corrected chi connectivity index (χ4v) is 12.9. The Labute approximate surface area is 157 Å². The number of carbonyl (C=O) groups excluding carboxylic acids is 1. The van der Waals surface area contributed by atoms with Crippen molar-refractivity contribution in [3.05, 3.63) is 12.2 Å². The van der Waals surface area contributed by atoms with E-state index < -0.39 is 25.3 Å². The fraction of sp³-hybridized carbons (Fsp3) is 0.812. The summed E-state index contributed by atoms with van der Waals surface area (Å²) in [5.74, 6) is -0.375. The number of hydrogen-bond donors (Lipinski definition) is 1. The molecule has 25 heavy (non-hydrogen) atoms. The molecule has 0 fully saturated rings. The molecule has 0 atom stereocenters. The molecule has 0 aliphatic rings. The normalized spacial score (nSPS) is 12.2. The molecule has 1 N–H and O–H groups in total. The van der Waals surface area contributed by atoms with Gasteiger partial charge in [-0.15, -0.1) is 0 Å². The number of nitrogens with one attached hydrogen (secondary N) is 1. The van der Waals surface area contributed by atoms with Gasteiger partial charge in [-0.3, -0.25) is 0 Å². The molecule has 0 saturated carbocycles. The van der Waals surface area contributed by atoms with Gasteiger partial charge in [0, 0.05) is 32.9 Å². The Bertz CT molecular complexity index is 381. The predicted octanol–water partition coefficient (Wildman–Crippen LogP) is 3.62. The minimum atomic E-state index is -2.53. The molecule has 0 aromatic carbocycles. The highest BCUT2D eigenvalue weighted by molar-refractivity contribution is 6.90. The first-order chi connectivity index (χ1) is 11.2. The Balaban J connectivity index is 0. The van der Waals surface area contributed by atoms with Gasteiger partial charge in [0.1, 0.15) is 16.5 Å². The largest absolute Gasteiger partial charge is 0.500 e. The van der Waals surface area contributed by atoms with E-state index in [4.69, 9.17) is 18.0 Å². The van der Waals surface area contributed by atoms with Crippen molar-refractivity contribution in [2.75, 3.05) is 27.9 Å². The summed E-state index contributed by atoms with van der Waals surface area (Å²) in [6.07, 6.45) is 0.640. The molecule has 0 saturated heterocycles. The van der Waals surface area contributed by atoms with Gasteiger partial charge < -0.3 is 22.7 Å². The van der Waals surface area contributed by atoms with E-state index in [9.17, 15) is 4.79 Å². The molecule has 0 aliphatic heterocycles. The van der Waals surface area contributed by atoms with E-state index in [2.05, 4.69) is 50.5 Å². The maximum atomic E-state index is 11.1. The summed E-state index contributed by atoms with van der Waals surface area (Å²) in [7, 11) is 0.172. The Morgan fingerprint density at radius 1 is 0.920 bits per heavy atom. The third-order valence-corrected chi connectivity index (χ3v) is 11.7. The van der Waals surface area contributed by atoms with Crippen molar-refractivity contribution in [3.8, 4) is 0 Å². The lowest BCUT2D eigenvalue weighted by molar-refractivity contribution is -0.139. The zero-order valence-corrected chi connectivity index (χ0v) is 20.9. The molecular formula is C16H39NO5Si3. The molecule has 0 rings (SSSR count). The fourth-order valence-electron chi connectivity index (χ4n) is 2.26. The number of rotatable bonds is 10. The third kappa shape index (κ3) is 15.7. The van der Waals surface area contributed by atoms with E-state index in [-0.39, 0.29) is 5.97 Å². The lowest BCUT2D eigenvalue weighted by Crippen LogP contribution is -2.55. The molecule has 150 valence electrons. The van der Waals surface area contributed by atoms with Gasteiger partial charge in [-0.25, -0.2) is 4.79 Å². The van der Waals surface area contributed by atoms with Crippen molar-refractivity contribution in [2.24, 2.45) is 0 Å². The van der Waals surface area contributed by atoms with E-state index in [1.807, 2.05) is 0 Å². The van der Waals surface area contributed by atoms with Crippen molar-refractivity contribution < 1.29 is 22.8 Å². The van der Waals surface area contributed by atoms with Crippen LogP contribution in [0.3, 0.4) is 0 Å². The highest BCUT2D eigenvalue weighted by Crippen LogP contribution is 2.14. The van der Waals surface area contributed by atoms with E-state index in [0.717, 1.165) is 0 Å². The summed E-state index contributed by atoms with van der Waals surface area (Å²) >= 11 is 0. The van der Waals surface area contributed by atoms with Crippen LogP contribution in [0.15, 0.2) is 12.2 Å². The molecule has 0 radical (unpaired) electrons. The Morgan fingerprint density at radius 3 is 1.56 bits per heavy atom. The molecule has 0 heterocycles. The molecular weight excluding hydrogens is 370 g/mol. The standard InChI is InChI=1S/C10H20O5Si.C6H19NSi2/c1-9(2)10(11)15-7-6-8-16(12-3,13-4)14-5;1-8(2,3)7-9(4,5)6/h1,6-8H2,2-5H3;7H,1-6H3. The van der Waals surface area contributed by atoms with Crippen molar-refractivity contribution in [2.45, 2.75) is 58.7 Å². The SMILES string of the molecule is C=C(C)C(=O)OCCC[Si](OC)(OC)OC.C[Si](C)(C)N[Si](C)(C)C. The van der Waals surface area contributed by atoms with E-state index in [1.54, 1.807) is 28.3 Å². The molecule has 0 unspecified atom stereocenters. The second-order valence-corrected chi connectivity index (χ2v) is 21.0. The smallest absolute Gasteiger partial charge is 0.462 e. The van der Waals surface area contributed by atoms with Gasteiger partial charge in [0.15, 0.2) is 0 Å². The summed E-state index contributed by atoms with van der Waals surface area (Å²) in [6, 6.07) is 0.611. The van der Waals surface area contributed by atoms with Crippen LogP contribution >= 0.6 is 0 Å². The molecule has 0 amide bonds. The van der Waals surface area contributed by atoms with Crippen LogP contribution in [0.5, 0.6) is 0 Å². The van der Waals surface area contributed by atoms with Crippen molar-refractivity contribution in [3.63, 3.8) is 0 Å². The molecule has 0 aliphatic carbocycles. The predicted molar refractivity (Wildman–Crippen MR) is 112 cm³/mol. The van der Waals surface area contributed by atoms with Crippen molar-refractivity contribution in [1.82, 2.24) is 4.65 Å². The maximum absolute atomic E-state index is 11.1. The number of hydrogen-bond acceptors (Lipinski definition) is 6. The average Bonchev–Trinajstić information content (AvgIpc) is 2.44. The van der Waals surface area contributed by atoms with Crippen molar-refractivity contribution >= 4 is 31.2 Å². The van der Waals surface area contributed by atoms with Gasteiger partial charge in [0.2, 0.25) is 0 Å². The van der Waals surface area contributed by atoms with Gasteiger partial charge in [-0.05, 0) is 13.3 Å². The van der Waals surface area contributed by atoms with Gasteiger partial charge in [-0.2, -0.15) is 0 Å². The highest BCUT2D eigenvalue weighted by atomic mass is 28.4. The Hall–Kier alpha value is -0.299. The second kappa shape index (κ2) is 12.2. The minimum Gasteiger partial charge on any atom is -0.462 e. The van der Waals surface area contributed by atoms with Gasteiger partial charge in [0.05, 0.1) is 6.61 Å². The highest BCUT2D eigenvalue weighted by Gasteiger charge is 2.37. The average molecular weight is 410 g/mol. The summed E-state index contributed by atoms with van der Waals surface area (Å²) in [4.78, 5) is 11.1. The lowest BCUT2D eigenvalue weighted by Gasteiger charge is -2.28. The molecule has 0 spiro atoms. The maximum Gasteiger partial charge on any atom is 0.500 e. The van der Waals surface area contributed by atoms with Crippen molar-refractivity contribution in [1.29, 1.82) is 0 Å². The van der Waals surface area contributed by atoms with Crippen LogP contribution in [0, 0.1) is 0 Å². The Kier molecular flexibility index (Phi) is 13.1. The molecule has 6 nitrogen and oxygen atoms in total. The molecule has 0 aromatic heterocycles. The molecule has 9 heteroatoms. The zero-order chi connectivity index (χ0) is 20.3. The first kappa shape index (κ1) is 26.9. The lowest BCUT2D eigenvalue weighted by atomic mass is 10.4. The zero-order valence-electron chi connectivity index (χ0n) is 17.9. The number of carbonyl (C=O) groups is 1. The summed E-state index contributed by atoms with van der Waals surface area (Å²) in [6.45, 7) is 19.5.